The minimum atomic E-state index is -0.467. The zero-order valence-corrected chi connectivity index (χ0v) is 12.8. The molecule has 0 saturated carbocycles. The van der Waals surface area contributed by atoms with Crippen molar-refractivity contribution in [2.45, 2.75) is 38.9 Å². The maximum atomic E-state index is 5.97. The molecule has 1 saturated heterocycles. The average molecular weight is 279 g/mol. The summed E-state index contributed by atoms with van der Waals surface area (Å²) in [4.78, 5) is 4.32. The van der Waals surface area contributed by atoms with Crippen LogP contribution in [0.25, 0.3) is 0 Å². The number of aromatic nitrogens is 1. The lowest BCUT2D eigenvalue weighted by molar-refractivity contribution is 0.00578. The summed E-state index contributed by atoms with van der Waals surface area (Å²) < 4.78 is 22.5. The Labute approximate surface area is 120 Å². The minimum Gasteiger partial charge on any atom is -0.491 e. The van der Waals surface area contributed by atoms with Gasteiger partial charge in [-0.2, -0.15) is 0 Å². The van der Waals surface area contributed by atoms with Crippen molar-refractivity contribution in [3.63, 3.8) is 0 Å². The van der Waals surface area contributed by atoms with Crippen LogP contribution < -0.4 is 10.3 Å². The number of ether oxygens (including phenoxy) is 2. The van der Waals surface area contributed by atoms with E-state index in [9.17, 15) is 0 Å². The maximum absolute atomic E-state index is 5.97. The molecule has 0 bridgehead atoms. The van der Waals surface area contributed by atoms with Gasteiger partial charge in [0, 0.05) is 13.3 Å². The number of nitrogens with zero attached hydrogens (tertiary/aromatic N) is 1. The lowest BCUT2D eigenvalue weighted by Gasteiger charge is -2.32. The van der Waals surface area contributed by atoms with E-state index >= 15 is 0 Å². The van der Waals surface area contributed by atoms with Crippen LogP contribution in [0.15, 0.2) is 18.3 Å². The fourth-order valence-electron chi connectivity index (χ4n) is 1.85. The largest absolute Gasteiger partial charge is 0.514 e. The molecule has 2 heterocycles. The summed E-state index contributed by atoms with van der Waals surface area (Å²) in [7, 11) is 1.18. The zero-order chi connectivity index (χ0) is 14.8. The first-order chi connectivity index (χ1) is 9.36. The van der Waals surface area contributed by atoms with E-state index < -0.39 is 7.12 Å². The number of methoxy groups -OCH3 is 1. The average Bonchev–Trinajstić information content (AvgIpc) is 2.59. The third-order valence-corrected chi connectivity index (χ3v) is 3.80. The molecule has 0 aromatic carbocycles. The van der Waals surface area contributed by atoms with Crippen LogP contribution in [0.1, 0.15) is 27.7 Å². The van der Waals surface area contributed by atoms with Gasteiger partial charge >= 0.3 is 7.12 Å². The molecule has 0 N–H and O–H groups in total. The molecule has 0 unspecified atom stereocenters. The van der Waals surface area contributed by atoms with Gasteiger partial charge in [0.25, 0.3) is 0 Å². The highest BCUT2D eigenvalue weighted by Crippen LogP contribution is 2.36. The normalized spacial score (nSPS) is 20.1. The van der Waals surface area contributed by atoms with E-state index in [1.54, 1.807) is 13.3 Å². The Morgan fingerprint density at radius 3 is 2.40 bits per heavy atom. The first-order valence-electron chi connectivity index (χ1n) is 6.79. The van der Waals surface area contributed by atoms with Crippen molar-refractivity contribution in [3.8, 4) is 5.75 Å². The van der Waals surface area contributed by atoms with Crippen LogP contribution in [0.2, 0.25) is 0 Å². The first-order valence-corrected chi connectivity index (χ1v) is 6.79. The Hall–Kier alpha value is -1.11. The number of hydrogen-bond acceptors (Lipinski definition) is 5. The van der Waals surface area contributed by atoms with Gasteiger partial charge in [0.2, 0.25) is 0 Å². The van der Waals surface area contributed by atoms with E-state index in [-0.39, 0.29) is 11.2 Å². The van der Waals surface area contributed by atoms with Crippen molar-refractivity contribution in [2.75, 3.05) is 20.3 Å². The molecule has 1 fully saturated rings. The molecule has 0 aliphatic carbocycles. The smallest absolute Gasteiger partial charge is 0.491 e. The van der Waals surface area contributed by atoms with Gasteiger partial charge in [0.1, 0.15) is 12.4 Å². The van der Waals surface area contributed by atoms with E-state index in [0.717, 1.165) is 11.3 Å². The van der Waals surface area contributed by atoms with Crippen molar-refractivity contribution in [1.82, 2.24) is 4.98 Å². The molecular formula is C14H22BNO4. The van der Waals surface area contributed by atoms with Crippen molar-refractivity contribution >= 4 is 12.7 Å². The highest BCUT2D eigenvalue weighted by molar-refractivity contribution is 6.61. The van der Waals surface area contributed by atoms with E-state index in [0.29, 0.717) is 13.2 Å². The third kappa shape index (κ3) is 3.14. The SMILES string of the molecule is COCCOc1ccnc(B2OC(C)(C)C(C)(C)O2)c1. The Kier molecular flexibility index (Phi) is 4.37. The van der Waals surface area contributed by atoms with E-state index in [4.69, 9.17) is 18.8 Å². The molecule has 1 aliphatic rings. The minimum absolute atomic E-state index is 0.369. The standard InChI is InChI=1S/C14H22BNO4/c1-13(2)14(3,4)20-15(19-13)12-10-11(6-7-16-12)18-9-8-17-5/h6-7,10H,8-9H2,1-5H3. The van der Waals surface area contributed by atoms with Gasteiger partial charge in [-0.25, -0.2) is 0 Å². The number of rotatable bonds is 5. The quantitative estimate of drug-likeness (QED) is 0.602. The first kappa shape index (κ1) is 15.3. The van der Waals surface area contributed by atoms with Crippen LogP contribution in [0.5, 0.6) is 5.75 Å². The lowest BCUT2D eigenvalue weighted by atomic mass is 9.84. The van der Waals surface area contributed by atoms with E-state index in [1.165, 1.54) is 0 Å². The van der Waals surface area contributed by atoms with Crippen LogP contribution in [0.3, 0.4) is 0 Å². The van der Waals surface area contributed by atoms with Gasteiger partial charge in [-0.05, 0) is 39.8 Å². The summed E-state index contributed by atoms with van der Waals surface area (Å²) in [5.41, 5.74) is -0.0167. The van der Waals surface area contributed by atoms with Gasteiger partial charge in [-0.15, -0.1) is 0 Å². The molecule has 0 amide bonds. The van der Waals surface area contributed by atoms with E-state index in [2.05, 4.69) is 4.98 Å². The Morgan fingerprint density at radius 2 is 1.80 bits per heavy atom. The number of hydrogen-bond donors (Lipinski definition) is 0. The second-order valence-electron chi connectivity index (χ2n) is 5.85. The van der Waals surface area contributed by atoms with Gasteiger partial charge in [0.15, 0.2) is 0 Å². The fourth-order valence-corrected chi connectivity index (χ4v) is 1.85. The molecule has 6 heteroatoms. The predicted octanol–water partition coefficient (Wildman–Crippen LogP) is 1.41. The van der Waals surface area contributed by atoms with Gasteiger partial charge < -0.3 is 18.8 Å². The molecule has 5 nitrogen and oxygen atoms in total. The summed E-state index contributed by atoms with van der Waals surface area (Å²) in [6.45, 7) is 9.13. The van der Waals surface area contributed by atoms with Crippen LogP contribution >= 0.6 is 0 Å². The van der Waals surface area contributed by atoms with Gasteiger partial charge in [0.05, 0.1) is 23.4 Å². The van der Waals surface area contributed by atoms with E-state index in [1.807, 2.05) is 39.8 Å². The predicted molar refractivity (Wildman–Crippen MR) is 77.3 cm³/mol. The molecule has 1 aliphatic heterocycles. The maximum Gasteiger partial charge on any atom is 0.514 e. The molecular weight excluding hydrogens is 257 g/mol. The molecule has 2 rings (SSSR count). The summed E-state index contributed by atoms with van der Waals surface area (Å²) in [5.74, 6) is 0.738. The Morgan fingerprint density at radius 1 is 1.15 bits per heavy atom. The highest BCUT2D eigenvalue weighted by Gasteiger charge is 2.52. The lowest BCUT2D eigenvalue weighted by Crippen LogP contribution is -2.41. The van der Waals surface area contributed by atoms with Crippen molar-refractivity contribution in [2.24, 2.45) is 0 Å². The van der Waals surface area contributed by atoms with Gasteiger partial charge in [-0.3, -0.25) is 4.98 Å². The highest BCUT2D eigenvalue weighted by atomic mass is 16.7. The summed E-state index contributed by atoms with van der Waals surface area (Å²) in [6.07, 6.45) is 1.70. The second kappa shape index (κ2) is 5.72. The summed E-state index contributed by atoms with van der Waals surface area (Å²) >= 11 is 0. The summed E-state index contributed by atoms with van der Waals surface area (Å²) in [6, 6.07) is 3.65. The van der Waals surface area contributed by atoms with Crippen LogP contribution in [0, 0.1) is 0 Å². The summed E-state index contributed by atoms with van der Waals surface area (Å²) in [5, 5.41) is 0. The molecule has 110 valence electrons. The van der Waals surface area contributed by atoms with Gasteiger partial charge in [-0.1, -0.05) is 0 Å². The van der Waals surface area contributed by atoms with Crippen LogP contribution in [-0.2, 0) is 14.0 Å². The third-order valence-electron chi connectivity index (χ3n) is 3.80. The molecule has 20 heavy (non-hydrogen) atoms. The molecule has 1 aromatic heterocycles. The molecule has 0 spiro atoms. The molecule has 1 aromatic rings. The zero-order valence-electron chi connectivity index (χ0n) is 12.8. The molecule has 0 radical (unpaired) electrons. The van der Waals surface area contributed by atoms with Crippen LogP contribution in [0.4, 0.5) is 0 Å². The Bertz CT molecular complexity index is 448. The fraction of sp³-hybridized carbons (Fsp3) is 0.643. The van der Waals surface area contributed by atoms with Crippen LogP contribution in [-0.4, -0.2) is 43.6 Å². The molecule has 0 atom stereocenters. The van der Waals surface area contributed by atoms with Crippen molar-refractivity contribution in [3.05, 3.63) is 18.3 Å². The van der Waals surface area contributed by atoms with Crippen molar-refractivity contribution < 1.29 is 18.8 Å². The van der Waals surface area contributed by atoms with Crippen molar-refractivity contribution in [1.29, 1.82) is 0 Å². The second-order valence-corrected chi connectivity index (χ2v) is 5.85. The monoisotopic (exact) mass is 279 g/mol. The number of pyridine rings is 1. The topological polar surface area (TPSA) is 49.8 Å². The Balaban J connectivity index is 2.09.